The van der Waals surface area contributed by atoms with E-state index in [0.29, 0.717) is 5.92 Å². The lowest BCUT2D eigenvalue weighted by molar-refractivity contribution is 0.373. The molecular weight excluding hydrogens is 262 g/mol. The number of hydrogen-bond donors (Lipinski definition) is 1. The Bertz CT molecular complexity index is 572. The molecule has 1 aliphatic rings. The van der Waals surface area contributed by atoms with Crippen LogP contribution in [0.25, 0.3) is 11.4 Å². The molecule has 0 bridgehead atoms. The molecule has 5 heteroatoms. The minimum atomic E-state index is 0.664. The Kier molecular flexibility index (Phi) is 4.60. The number of rotatable bonds is 5. The summed E-state index contributed by atoms with van der Waals surface area (Å²) in [5.41, 5.74) is 3.18. The normalized spacial score (nSPS) is 18.8. The second kappa shape index (κ2) is 6.80. The van der Waals surface area contributed by atoms with E-state index in [4.69, 9.17) is 0 Å². The van der Waals surface area contributed by atoms with Gasteiger partial charge in [-0.15, -0.1) is 0 Å². The highest BCUT2D eigenvalue weighted by molar-refractivity contribution is 5.56. The first kappa shape index (κ1) is 14.2. The van der Waals surface area contributed by atoms with Crippen LogP contribution in [0.3, 0.4) is 0 Å². The largest absolute Gasteiger partial charge is 0.316 e. The molecule has 1 fully saturated rings. The van der Waals surface area contributed by atoms with Gasteiger partial charge in [-0.1, -0.05) is 6.92 Å². The van der Waals surface area contributed by atoms with Gasteiger partial charge in [0.05, 0.1) is 11.4 Å². The van der Waals surface area contributed by atoms with Gasteiger partial charge in [0.25, 0.3) is 0 Å². The van der Waals surface area contributed by atoms with Gasteiger partial charge in [0.2, 0.25) is 0 Å². The van der Waals surface area contributed by atoms with E-state index in [0.717, 1.165) is 49.6 Å². The van der Waals surface area contributed by atoms with Gasteiger partial charge in [0.1, 0.15) is 5.69 Å². The van der Waals surface area contributed by atoms with Crippen LogP contribution in [0.2, 0.25) is 0 Å². The highest BCUT2D eigenvalue weighted by atomic mass is 15.3. The van der Waals surface area contributed by atoms with E-state index in [-0.39, 0.29) is 0 Å². The zero-order valence-electron chi connectivity index (χ0n) is 12.6. The third kappa shape index (κ3) is 3.29. The molecule has 0 amide bonds. The molecule has 3 rings (SSSR count). The third-order valence-electron chi connectivity index (χ3n) is 4.05. The van der Waals surface area contributed by atoms with E-state index in [1.165, 1.54) is 12.8 Å². The molecule has 0 saturated carbocycles. The number of piperidine rings is 1. The Morgan fingerprint density at radius 2 is 2.19 bits per heavy atom. The standard InChI is InChI=1S/C16H23N5/c1-2-10-21-15(5-7-20-21)16-14(18-8-9-19-16)11-13-4-3-6-17-12-13/h5,7-9,13,17H,2-4,6,10-12H2,1H3/t13-/m1/s1. The van der Waals surface area contributed by atoms with Crippen molar-refractivity contribution in [2.75, 3.05) is 13.1 Å². The van der Waals surface area contributed by atoms with Gasteiger partial charge in [-0.3, -0.25) is 14.6 Å². The lowest BCUT2D eigenvalue weighted by atomic mass is 9.93. The van der Waals surface area contributed by atoms with Crippen molar-refractivity contribution in [3.05, 3.63) is 30.4 Å². The van der Waals surface area contributed by atoms with Crippen molar-refractivity contribution in [2.45, 2.75) is 39.2 Å². The first-order chi connectivity index (χ1) is 10.4. The SMILES string of the molecule is CCCn1nccc1-c1nccnc1C[C@H]1CCCNC1. The van der Waals surface area contributed by atoms with Crippen molar-refractivity contribution in [2.24, 2.45) is 5.92 Å². The summed E-state index contributed by atoms with van der Waals surface area (Å²) >= 11 is 0. The van der Waals surface area contributed by atoms with E-state index in [1.54, 1.807) is 12.4 Å². The number of nitrogens with one attached hydrogen (secondary N) is 1. The molecule has 1 N–H and O–H groups in total. The van der Waals surface area contributed by atoms with E-state index in [9.17, 15) is 0 Å². The molecule has 2 aromatic rings. The first-order valence-corrected chi connectivity index (χ1v) is 7.91. The Morgan fingerprint density at radius 1 is 1.29 bits per heavy atom. The van der Waals surface area contributed by atoms with Crippen LogP contribution in [-0.2, 0) is 13.0 Å². The Balaban J connectivity index is 1.86. The van der Waals surface area contributed by atoms with Crippen molar-refractivity contribution in [3.8, 4) is 11.4 Å². The Hall–Kier alpha value is -1.75. The molecule has 0 aromatic carbocycles. The van der Waals surface area contributed by atoms with Gasteiger partial charge in [0, 0.05) is 25.1 Å². The molecule has 0 unspecified atom stereocenters. The molecule has 1 atom stereocenters. The maximum atomic E-state index is 4.60. The fraction of sp³-hybridized carbons (Fsp3) is 0.562. The highest BCUT2D eigenvalue weighted by Gasteiger charge is 2.18. The number of aromatic nitrogens is 4. The third-order valence-corrected chi connectivity index (χ3v) is 4.05. The number of hydrogen-bond acceptors (Lipinski definition) is 4. The second-order valence-corrected chi connectivity index (χ2v) is 5.71. The quantitative estimate of drug-likeness (QED) is 0.916. The summed E-state index contributed by atoms with van der Waals surface area (Å²) in [6.07, 6.45) is 10.0. The minimum absolute atomic E-state index is 0.664. The summed E-state index contributed by atoms with van der Waals surface area (Å²) in [5, 5.41) is 7.88. The van der Waals surface area contributed by atoms with Crippen LogP contribution in [0.5, 0.6) is 0 Å². The smallest absolute Gasteiger partial charge is 0.110 e. The van der Waals surface area contributed by atoms with Crippen molar-refractivity contribution < 1.29 is 0 Å². The van der Waals surface area contributed by atoms with Gasteiger partial charge in [0.15, 0.2) is 0 Å². The topological polar surface area (TPSA) is 55.6 Å². The molecule has 112 valence electrons. The average Bonchev–Trinajstić information content (AvgIpc) is 2.97. The molecule has 0 aliphatic carbocycles. The zero-order valence-corrected chi connectivity index (χ0v) is 12.6. The van der Waals surface area contributed by atoms with E-state index in [1.807, 2.05) is 16.9 Å². The molecule has 21 heavy (non-hydrogen) atoms. The molecule has 1 aliphatic heterocycles. The van der Waals surface area contributed by atoms with Crippen molar-refractivity contribution in [1.29, 1.82) is 0 Å². The minimum Gasteiger partial charge on any atom is -0.316 e. The summed E-state index contributed by atoms with van der Waals surface area (Å²) in [7, 11) is 0. The predicted octanol–water partition coefficient (Wildman–Crippen LogP) is 2.29. The van der Waals surface area contributed by atoms with E-state index >= 15 is 0 Å². The zero-order chi connectivity index (χ0) is 14.5. The summed E-state index contributed by atoms with van der Waals surface area (Å²) in [6, 6.07) is 2.04. The van der Waals surface area contributed by atoms with Crippen molar-refractivity contribution in [3.63, 3.8) is 0 Å². The fourth-order valence-electron chi connectivity index (χ4n) is 3.03. The number of nitrogens with zero attached hydrogens (tertiary/aromatic N) is 4. The maximum Gasteiger partial charge on any atom is 0.110 e. The molecule has 5 nitrogen and oxygen atoms in total. The molecular formula is C16H23N5. The van der Waals surface area contributed by atoms with Crippen LogP contribution in [0, 0.1) is 5.92 Å². The predicted molar refractivity (Wildman–Crippen MR) is 82.8 cm³/mol. The monoisotopic (exact) mass is 285 g/mol. The molecule has 1 saturated heterocycles. The van der Waals surface area contributed by atoms with E-state index < -0.39 is 0 Å². The summed E-state index contributed by atoms with van der Waals surface area (Å²) in [6.45, 7) is 5.32. The van der Waals surface area contributed by atoms with Crippen LogP contribution in [0.1, 0.15) is 31.9 Å². The fourth-order valence-corrected chi connectivity index (χ4v) is 3.03. The van der Waals surface area contributed by atoms with Gasteiger partial charge >= 0.3 is 0 Å². The summed E-state index contributed by atoms with van der Waals surface area (Å²) in [5.74, 6) is 0.664. The van der Waals surface area contributed by atoms with Crippen LogP contribution >= 0.6 is 0 Å². The first-order valence-electron chi connectivity index (χ1n) is 7.91. The lowest BCUT2D eigenvalue weighted by Gasteiger charge is -2.23. The maximum absolute atomic E-state index is 4.60. The Labute approximate surface area is 125 Å². The van der Waals surface area contributed by atoms with Crippen LogP contribution < -0.4 is 5.32 Å². The van der Waals surface area contributed by atoms with Gasteiger partial charge in [-0.25, -0.2) is 0 Å². The summed E-state index contributed by atoms with van der Waals surface area (Å²) < 4.78 is 2.03. The van der Waals surface area contributed by atoms with Crippen LogP contribution in [0.4, 0.5) is 0 Å². The molecule has 0 radical (unpaired) electrons. The number of aryl methyl sites for hydroxylation is 1. The molecule has 2 aromatic heterocycles. The highest BCUT2D eigenvalue weighted by Crippen LogP contribution is 2.24. The van der Waals surface area contributed by atoms with Gasteiger partial charge in [-0.05, 0) is 50.8 Å². The second-order valence-electron chi connectivity index (χ2n) is 5.71. The lowest BCUT2D eigenvalue weighted by Crippen LogP contribution is -2.31. The van der Waals surface area contributed by atoms with Crippen LogP contribution in [0.15, 0.2) is 24.7 Å². The van der Waals surface area contributed by atoms with Crippen LogP contribution in [-0.4, -0.2) is 32.8 Å². The van der Waals surface area contributed by atoms with Crippen molar-refractivity contribution in [1.82, 2.24) is 25.1 Å². The Morgan fingerprint density at radius 3 is 3.00 bits per heavy atom. The molecule has 0 spiro atoms. The van der Waals surface area contributed by atoms with Crippen molar-refractivity contribution >= 4 is 0 Å². The molecule has 3 heterocycles. The summed E-state index contributed by atoms with van der Waals surface area (Å²) in [4.78, 5) is 9.18. The van der Waals surface area contributed by atoms with Gasteiger partial charge in [-0.2, -0.15) is 5.10 Å². The van der Waals surface area contributed by atoms with Gasteiger partial charge < -0.3 is 5.32 Å². The van der Waals surface area contributed by atoms with E-state index in [2.05, 4.69) is 27.3 Å². The average molecular weight is 285 g/mol.